The summed E-state index contributed by atoms with van der Waals surface area (Å²) < 4.78 is 10.7. The third-order valence-electron chi connectivity index (χ3n) is 5.44. The summed E-state index contributed by atoms with van der Waals surface area (Å²) in [7, 11) is 2.85. The largest absolute Gasteiger partial charge is 0.460 e. The van der Waals surface area contributed by atoms with Gasteiger partial charge in [0.15, 0.2) is 0 Å². The van der Waals surface area contributed by atoms with Crippen molar-refractivity contribution < 1.29 is 38.2 Å². The molecule has 14 heteroatoms. The minimum atomic E-state index is -1.41. The molecule has 218 valence electrons. The number of amides is 4. The summed E-state index contributed by atoms with van der Waals surface area (Å²) >= 11 is 0. The molecule has 2 bridgehead atoms. The minimum Gasteiger partial charge on any atom is -0.460 e. The number of carbonyl (C=O) groups is 6. The second kappa shape index (κ2) is 14.6. The summed E-state index contributed by atoms with van der Waals surface area (Å²) in [6.07, 6.45) is 2.50. The number of fused-ring (bicyclic) bond motifs is 7. The zero-order chi connectivity index (χ0) is 29.2. The van der Waals surface area contributed by atoms with Gasteiger partial charge >= 0.3 is 11.9 Å². The Morgan fingerprint density at radius 3 is 2.51 bits per heavy atom. The highest BCUT2D eigenvalue weighted by Gasteiger charge is 2.35. The molecule has 0 radical (unpaired) electrons. The number of carbonyl (C=O) groups excluding carboxylic acids is 6. The molecule has 4 N–H and O–H groups in total. The Balaban J connectivity index is 2.41. The van der Waals surface area contributed by atoms with Crippen LogP contribution >= 0.6 is 21.6 Å². The van der Waals surface area contributed by atoms with E-state index in [2.05, 4.69) is 21.3 Å². The predicted molar refractivity (Wildman–Crippen MR) is 147 cm³/mol. The fourth-order valence-electron chi connectivity index (χ4n) is 3.54. The van der Waals surface area contributed by atoms with Crippen LogP contribution in [-0.2, 0) is 38.2 Å². The molecule has 3 atom stereocenters. The molecule has 2 aliphatic heterocycles. The van der Waals surface area contributed by atoms with Gasteiger partial charge in [0, 0.05) is 17.9 Å². The van der Waals surface area contributed by atoms with Gasteiger partial charge in [0.25, 0.3) is 0 Å². The average molecular weight is 587 g/mol. The number of hydrogen-bond acceptors (Lipinski definition) is 10. The molecule has 2 aliphatic rings. The van der Waals surface area contributed by atoms with Crippen molar-refractivity contribution in [2.75, 3.05) is 18.1 Å². The standard InChI is InChI=1S/C25H38N4O8S2/c1-24(2,3)37-19(31)10-9-16-21(33)28-17-14-39-38-11-7-6-8-15(12-18(30)27-16)36-20(32)13-26-23(35)25(4,5)29-22(17)34/h6,8,15-17H,7,9-14H2,1-5H3,(H,26,35)(H,27,30)(H,28,33)(H,29,34)/b8-6+/t15-,16-,17-/m1/s1. The summed E-state index contributed by atoms with van der Waals surface area (Å²) in [6.45, 7) is 7.63. The molecule has 4 amide bonds. The maximum absolute atomic E-state index is 13.3. The summed E-state index contributed by atoms with van der Waals surface area (Å²) in [5.74, 6) is -2.99. The van der Waals surface area contributed by atoms with Gasteiger partial charge < -0.3 is 30.7 Å². The second-order valence-corrected chi connectivity index (χ2v) is 13.3. The van der Waals surface area contributed by atoms with E-state index in [1.54, 1.807) is 32.9 Å². The van der Waals surface area contributed by atoms with Crippen molar-refractivity contribution in [3.63, 3.8) is 0 Å². The van der Waals surface area contributed by atoms with Gasteiger partial charge in [0.1, 0.15) is 35.9 Å². The molecule has 1 fully saturated rings. The van der Waals surface area contributed by atoms with Crippen LogP contribution in [-0.4, -0.2) is 82.9 Å². The predicted octanol–water partition coefficient (Wildman–Crippen LogP) is 0.746. The number of nitrogens with one attached hydrogen (secondary N) is 4. The normalized spacial score (nSPS) is 26.6. The molecule has 39 heavy (non-hydrogen) atoms. The van der Waals surface area contributed by atoms with Crippen molar-refractivity contribution in [1.29, 1.82) is 0 Å². The van der Waals surface area contributed by atoms with Crippen LogP contribution in [0.2, 0.25) is 0 Å². The fourth-order valence-corrected chi connectivity index (χ4v) is 5.70. The van der Waals surface area contributed by atoms with Crippen LogP contribution in [0.25, 0.3) is 0 Å². The topological polar surface area (TPSA) is 169 Å². The van der Waals surface area contributed by atoms with Crippen LogP contribution in [0.4, 0.5) is 0 Å². The third-order valence-corrected chi connectivity index (χ3v) is 7.89. The van der Waals surface area contributed by atoms with E-state index in [0.717, 1.165) is 0 Å². The molecule has 12 nitrogen and oxygen atoms in total. The van der Waals surface area contributed by atoms with Crippen LogP contribution in [0, 0.1) is 0 Å². The third kappa shape index (κ3) is 11.9. The van der Waals surface area contributed by atoms with E-state index in [-0.39, 0.29) is 25.0 Å². The van der Waals surface area contributed by atoms with E-state index < -0.39 is 71.4 Å². The molecule has 0 aliphatic carbocycles. The first kappa shape index (κ1) is 32.5. The van der Waals surface area contributed by atoms with E-state index in [0.29, 0.717) is 12.2 Å². The molecule has 0 aromatic carbocycles. The van der Waals surface area contributed by atoms with E-state index >= 15 is 0 Å². The zero-order valence-corrected chi connectivity index (χ0v) is 24.6. The number of hydrogen-bond donors (Lipinski definition) is 4. The monoisotopic (exact) mass is 586 g/mol. The van der Waals surface area contributed by atoms with Crippen LogP contribution in [0.3, 0.4) is 0 Å². The van der Waals surface area contributed by atoms with Crippen molar-refractivity contribution in [1.82, 2.24) is 21.3 Å². The first-order chi connectivity index (χ1) is 18.2. The van der Waals surface area contributed by atoms with Gasteiger partial charge in [0.05, 0.1) is 6.42 Å². The van der Waals surface area contributed by atoms with Crippen molar-refractivity contribution in [2.45, 2.75) is 89.6 Å². The van der Waals surface area contributed by atoms with Crippen molar-refractivity contribution in [3.8, 4) is 0 Å². The van der Waals surface area contributed by atoms with Gasteiger partial charge in [-0.25, -0.2) is 0 Å². The van der Waals surface area contributed by atoms with E-state index in [1.165, 1.54) is 35.4 Å². The van der Waals surface area contributed by atoms with E-state index in [4.69, 9.17) is 9.47 Å². The summed E-state index contributed by atoms with van der Waals surface area (Å²) in [4.78, 5) is 77.0. The molecule has 2 rings (SSSR count). The highest BCUT2D eigenvalue weighted by atomic mass is 33.1. The van der Waals surface area contributed by atoms with Crippen LogP contribution in [0.15, 0.2) is 12.2 Å². The lowest BCUT2D eigenvalue weighted by atomic mass is 10.0. The van der Waals surface area contributed by atoms with Gasteiger partial charge in [-0.2, -0.15) is 0 Å². The molecule has 0 saturated carbocycles. The zero-order valence-electron chi connectivity index (χ0n) is 22.9. The Morgan fingerprint density at radius 2 is 1.82 bits per heavy atom. The summed E-state index contributed by atoms with van der Waals surface area (Å²) in [5.41, 5.74) is -2.14. The highest BCUT2D eigenvalue weighted by Crippen LogP contribution is 2.24. The lowest BCUT2D eigenvalue weighted by Crippen LogP contribution is -2.61. The number of esters is 2. The molecule has 0 aromatic rings. The molecule has 1 saturated heterocycles. The molecule has 0 spiro atoms. The lowest BCUT2D eigenvalue weighted by molar-refractivity contribution is -0.155. The number of rotatable bonds is 3. The Labute approximate surface area is 236 Å². The maximum atomic E-state index is 13.3. The average Bonchev–Trinajstić information content (AvgIpc) is 2.81. The molecular weight excluding hydrogens is 548 g/mol. The van der Waals surface area contributed by atoms with Crippen LogP contribution < -0.4 is 21.3 Å². The van der Waals surface area contributed by atoms with Gasteiger partial charge in [-0.1, -0.05) is 27.7 Å². The van der Waals surface area contributed by atoms with E-state index in [9.17, 15) is 28.8 Å². The minimum absolute atomic E-state index is 0.0864. The van der Waals surface area contributed by atoms with Gasteiger partial charge in [-0.15, -0.1) is 0 Å². The van der Waals surface area contributed by atoms with Gasteiger partial charge in [0.2, 0.25) is 23.6 Å². The van der Waals surface area contributed by atoms with Crippen molar-refractivity contribution in [3.05, 3.63) is 12.2 Å². The van der Waals surface area contributed by atoms with Crippen LogP contribution in [0.1, 0.15) is 60.3 Å². The van der Waals surface area contributed by atoms with Crippen molar-refractivity contribution >= 4 is 57.2 Å². The van der Waals surface area contributed by atoms with Gasteiger partial charge in [-0.05, 0) is 53.5 Å². The fraction of sp³-hybridized carbons (Fsp3) is 0.680. The first-order valence-electron chi connectivity index (χ1n) is 12.7. The lowest BCUT2D eigenvalue weighted by Gasteiger charge is -2.29. The SMILES string of the molecule is CC(C)(C)OC(=O)CC[C@H]1NC(=O)C[C@H]2/C=C/CCSSC[C@@H](NC1=O)C(=O)NC(C)(C)C(=O)NCC(=O)O2. The maximum Gasteiger partial charge on any atom is 0.326 e. The second-order valence-electron chi connectivity index (χ2n) is 10.7. The highest BCUT2D eigenvalue weighted by molar-refractivity contribution is 8.76. The quantitative estimate of drug-likeness (QED) is 0.210. The Hall–Kier alpha value is -2.74. The van der Waals surface area contributed by atoms with Crippen LogP contribution in [0.5, 0.6) is 0 Å². The molecular formula is C25H38N4O8S2. The smallest absolute Gasteiger partial charge is 0.326 e. The van der Waals surface area contributed by atoms with E-state index in [1.807, 2.05) is 0 Å². The number of ether oxygens (including phenoxy) is 2. The summed E-state index contributed by atoms with van der Waals surface area (Å²) in [5, 5.41) is 10.3. The van der Waals surface area contributed by atoms with Crippen molar-refractivity contribution in [2.24, 2.45) is 0 Å². The van der Waals surface area contributed by atoms with Gasteiger partial charge in [-0.3, -0.25) is 28.8 Å². The molecule has 0 unspecified atom stereocenters. The summed E-state index contributed by atoms with van der Waals surface area (Å²) in [6, 6.07) is -2.22. The molecule has 2 heterocycles. The number of allylic oxidation sites excluding steroid dienone is 1. The molecule has 0 aromatic heterocycles. The Morgan fingerprint density at radius 1 is 1.10 bits per heavy atom. The Kier molecular flexibility index (Phi) is 12.1. The first-order valence-corrected chi connectivity index (χ1v) is 15.2. The Bertz CT molecular complexity index is 980.